The van der Waals surface area contributed by atoms with Gasteiger partial charge in [0.05, 0.1) is 18.9 Å². The molecule has 2 aromatic rings. The monoisotopic (exact) mass is 339 g/mol. The molecule has 3 heteroatoms. The molecule has 0 saturated heterocycles. The second-order valence-corrected chi connectivity index (χ2v) is 6.02. The van der Waals surface area contributed by atoms with E-state index < -0.39 is 0 Å². The van der Waals surface area contributed by atoms with E-state index in [0.717, 1.165) is 35.8 Å². The maximum Gasteiger partial charge on any atom is 0.119 e. The number of nitrogens with zero attached hydrogens (tertiary/aromatic N) is 1. The van der Waals surface area contributed by atoms with Crippen molar-refractivity contribution in [2.24, 2.45) is 4.99 Å². The van der Waals surface area contributed by atoms with Crippen LogP contribution in [0.15, 0.2) is 53.5 Å². The summed E-state index contributed by atoms with van der Waals surface area (Å²) in [4.78, 5) is 4.50. The third-order valence-corrected chi connectivity index (χ3v) is 3.91. The zero-order valence-electron chi connectivity index (χ0n) is 15.4. The summed E-state index contributed by atoms with van der Waals surface area (Å²) in [6, 6.07) is 15.9. The van der Waals surface area contributed by atoms with E-state index in [9.17, 15) is 0 Å². The Kier molecular flexibility index (Phi) is 8.60. The van der Waals surface area contributed by atoms with Crippen LogP contribution in [0.1, 0.15) is 51.5 Å². The van der Waals surface area contributed by atoms with Crippen molar-refractivity contribution in [3.8, 4) is 11.5 Å². The third kappa shape index (κ3) is 7.42. The van der Waals surface area contributed by atoms with Crippen LogP contribution < -0.4 is 9.47 Å². The fourth-order valence-electron chi connectivity index (χ4n) is 2.49. The highest BCUT2D eigenvalue weighted by molar-refractivity contribution is 5.82. The highest BCUT2D eigenvalue weighted by atomic mass is 16.5. The fraction of sp³-hybridized carbons (Fsp3) is 0.409. The van der Waals surface area contributed by atoms with Gasteiger partial charge in [0.1, 0.15) is 11.5 Å². The SMILES string of the molecule is CCCCCCCOc1ccc(N=Cc2ccc(OCC)cc2)cc1. The van der Waals surface area contributed by atoms with E-state index in [0.29, 0.717) is 6.61 Å². The van der Waals surface area contributed by atoms with E-state index in [2.05, 4.69) is 11.9 Å². The predicted octanol–water partition coefficient (Wildman–Crippen LogP) is 6.19. The summed E-state index contributed by atoms with van der Waals surface area (Å²) in [6.07, 6.45) is 8.13. The smallest absolute Gasteiger partial charge is 0.119 e. The summed E-state index contributed by atoms with van der Waals surface area (Å²) in [6.45, 7) is 5.69. The summed E-state index contributed by atoms with van der Waals surface area (Å²) in [5.74, 6) is 1.80. The van der Waals surface area contributed by atoms with Gasteiger partial charge in [-0.15, -0.1) is 0 Å². The largest absolute Gasteiger partial charge is 0.494 e. The zero-order valence-corrected chi connectivity index (χ0v) is 15.4. The Balaban J connectivity index is 1.77. The number of ether oxygens (including phenoxy) is 2. The van der Waals surface area contributed by atoms with Crippen molar-refractivity contribution in [2.45, 2.75) is 46.0 Å². The highest BCUT2D eigenvalue weighted by Gasteiger charge is 1.96. The van der Waals surface area contributed by atoms with Crippen LogP contribution in [0.3, 0.4) is 0 Å². The Bertz CT molecular complexity index is 617. The summed E-state index contributed by atoms with van der Waals surface area (Å²) in [5.41, 5.74) is 1.97. The molecule has 0 amide bonds. The Morgan fingerprint density at radius 1 is 0.760 bits per heavy atom. The topological polar surface area (TPSA) is 30.8 Å². The fourth-order valence-corrected chi connectivity index (χ4v) is 2.49. The molecule has 0 N–H and O–H groups in total. The molecule has 0 atom stereocenters. The summed E-state index contributed by atoms with van der Waals surface area (Å²) in [5, 5.41) is 0. The molecule has 0 heterocycles. The minimum atomic E-state index is 0.681. The first kappa shape index (κ1) is 19.0. The van der Waals surface area contributed by atoms with Gasteiger partial charge in [-0.1, -0.05) is 32.6 Å². The maximum absolute atomic E-state index is 5.77. The summed E-state index contributed by atoms with van der Waals surface area (Å²) in [7, 11) is 0. The van der Waals surface area contributed by atoms with Crippen LogP contribution in [0.2, 0.25) is 0 Å². The Hall–Kier alpha value is -2.29. The van der Waals surface area contributed by atoms with Gasteiger partial charge in [-0.3, -0.25) is 4.99 Å². The summed E-state index contributed by atoms with van der Waals surface area (Å²) < 4.78 is 11.2. The van der Waals surface area contributed by atoms with Crippen molar-refractivity contribution < 1.29 is 9.47 Å². The number of rotatable bonds is 11. The number of hydrogen-bond acceptors (Lipinski definition) is 3. The molecule has 0 unspecified atom stereocenters. The van der Waals surface area contributed by atoms with E-state index in [-0.39, 0.29) is 0 Å². The first-order valence-corrected chi connectivity index (χ1v) is 9.31. The van der Waals surface area contributed by atoms with Gasteiger partial charge in [0.25, 0.3) is 0 Å². The molecule has 0 aliphatic heterocycles. The number of hydrogen-bond donors (Lipinski definition) is 0. The minimum Gasteiger partial charge on any atom is -0.494 e. The minimum absolute atomic E-state index is 0.681. The van der Waals surface area contributed by atoms with Crippen molar-refractivity contribution in [1.29, 1.82) is 0 Å². The summed E-state index contributed by atoms with van der Waals surface area (Å²) >= 11 is 0. The molecule has 134 valence electrons. The lowest BCUT2D eigenvalue weighted by atomic mass is 10.2. The van der Waals surface area contributed by atoms with E-state index >= 15 is 0 Å². The zero-order chi connectivity index (χ0) is 17.7. The van der Waals surface area contributed by atoms with Crippen LogP contribution in [0.25, 0.3) is 0 Å². The molecule has 0 aromatic heterocycles. The quantitative estimate of drug-likeness (QED) is 0.361. The van der Waals surface area contributed by atoms with Crippen LogP contribution >= 0.6 is 0 Å². The second kappa shape index (κ2) is 11.3. The molecule has 0 aliphatic rings. The van der Waals surface area contributed by atoms with Gasteiger partial charge in [-0.25, -0.2) is 0 Å². The molecule has 2 aromatic carbocycles. The second-order valence-electron chi connectivity index (χ2n) is 6.02. The first-order valence-electron chi connectivity index (χ1n) is 9.31. The van der Waals surface area contributed by atoms with Crippen molar-refractivity contribution >= 4 is 11.9 Å². The van der Waals surface area contributed by atoms with Crippen molar-refractivity contribution in [3.05, 3.63) is 54.1 Å². The van der Waals surface area contributed by atoms with Crippen molar-refractivity contribution in [3.63, 3.8) is 0 Å². The molecule has 0 fully saturated rings. The van der Waals surface area contributed by atoms with Gasteiger partial charge < -0.3 is 9.47 Å². The van der Waals surface area contributed by atoms with Gasteiger partial charge in [-0.2, -0.15) is 0 Å². The third-order valence-electron chi connectivity index (χ3n) is 3.91. The highest BCUT2D eigenvalue weighted by Crippen LogP contribution is 2.19. The van der Waals surface area contributed by atoms with Crippen LogP contribution in [-0.4, -0.2) is 19.4 Å². The molecule has 0 bridgehead atoms. The van der Waals surface area contributed by atoms with Gasteiger partial charge in [0.2, 0.25) is 0 Å². The Labute approximate surface area is 151 Å². The van der Waals surface area contributed by atoms with Crippen LogP contribution in [0.5, 0.6) is 11.5 Å². The molecule has 0 radical (unpaired) electrons. The lowest BCUT2D eigenvalue weighted by molar-refractivity contribution is 0.304. The molecular formula is C22H29NO2. The van der Waals surface area contributed by atoms with Gasteiger partial charge >= 0.3 is 0 Å². The molecular weight excluding hydrogens is 310 g/mol. The molecule has 25 heavy (non-hydrogen) atoms. The number of benzene rings is 2. The molecule has 0 spiro atoms. The number of unbranched alkanes of at least 4 members (excludes halogenated alkanes) is 4. The Morgan fingerprint density at radius 3 is 2.08 bits per heavy atom. The standard InChI is InChI=1S/C22H29NO2/c1-3-5-6-7-8-17-25-22-15-11-20(12-16-22)23-18-19-9-13-21(14-10-19)24-4-2/h9-16,18H,3-8,17H2,1-2H3. The average Bonchev–Trinajstić information content (AvgIpc) is 2.65. The van der Waals surface area contributed by atoms with Crippen LogP contribution in [-0.2, 0) is 0 Å². The molecule has 2 rings (SSSR count). The van der Waals surface area contributed by atoms with Gasteiger partial charge in [0, 0.05) is 6.21 Å². The lowest BCUT2D eigenvalue weighted by Gasteiger charge is -2.06. The van der Waals surface area contributed by atoms with Gasteiger partial charge in [-0.05, 0) is 67.4 Å². The van der Waals surface area contributed by atoms with E-state index in [1.807, 2.05) is 61.7 Å². The van der Waals surface area contributed by atoms with Crippen LogP contribution in [0, 0.1) is 0 Å². The Morgan fingerprint density at radius 2 is 1.40 bits per heavy atom. The average molecular weight is 339 g/mol. The van der Waals surface area contributed by atoms with E-state index in [1.165, 1.54) is 25.7 Å². The van der Waals surface area contributed by atoms with E-state index in [4.69, 9.17) is 9.47 Å². The maximum atomic E-state index is 5.77. The van der Waals surface area contributed by atoms with Crippen molar-refractivity contribution in [1.82, 2.24) is 0 Å². The molecule has 0 saturated carbocycles. The normalized spacial score (nSPS) is 11.0. The number of aliphatic imine (C=N–C) groups is 1. The van der Waals surface area contributed by atoms with Crippen molar-refractivity contribution in [2.75, 3.05) is 13.2 Å². The predicted molar refractivity (Wildman–Crippen MR) is 106 cm³/mol. The van der Waals surface area contributed by atoms with Gasteiger partial charge in [0.15, 0.2) is 0 Å². The molecule has 0 aliphatic carbocycles. The van der Waals surface area contributed by atoms with Crippen LogP contribution in [0.4, 0.5) is 5.69 Å². The first-order chi connectivity index (χ1) is 12.3. The molecule has 3 nitrogen and oxygen atoms in total. The lowest BCUT2D eigenvalue weighted by Crippen LogP contribution is -1.96. The van der Waals surface area contributed by atoms with E-state index in [1.54, 1.807) is 0 Å².